The van der Waals surface area contributed by atoms with Crippen LogP contribution < -0.4 is 5.56 Å². The molecule has 84 valence electrons. The first-order chi connectivity index (χ1) is 7.65. The first-order valence-corrected chi connectivity index (χ1v) is 4.85. The van der Waals surface area contributed by atoms with Crippen molar-refractivity contribution in [2.45, 2.75) is 6.92 Å². The van der Waals surface area contributed by atoms with Crippen molar-refractivity contribution in [2.75, 3.05) is 6.61 Å². The Bertz CT molecular complexity index is 597. The number of carbonyl (C=O) groups is 1. The van der Waals surface area contributed by atoms with Crippen molar-refractivity contribution in [1.29, 1.82) is 0 Å². The lowest BCUT2D eigenvalue weighted by atomic mass is 10.3. The standard InChI is InChI=1S/C10H11N3O3/c1-3-16-9(15)7-6-11-10-12(2)4-5-13(10)8(7)14/h4-6H,3H2,1-2H3. The summed E-state index contributed by atoms with van der Waals surface area (Å²) in [5.74, 6) is -0.156. The summed E-state index contributed by atoms with van der Waals surface area (Å²) in [5, 5.41) is 0. The third-order valence-electron chi connectivity index (χ3n) is 2.22. The third kappa shape index (κ3) is 1.48. The Morgan fingerprint density at radius 3 is 2.94 bits per heavy atom. The van der Waals surface area contributed by atoms with Crippen molar-refractivity contribution in [3.8, 4) is 0 Å². The van der Waals surface area contributed by atoms with Crippen LogP contribution in [-0.2, 0) is 11.8 Å². The van der Waals surface area contributed by atoms with Gasteiger partial charge in [-0.1, -0.05) is 0 Å². The molecule has 0 amide bonds. The van der Waals surface area contributed by atoms with E-state index >= 15 is 0 Å². The van der Waals surface area contributed by atoms with E-state index in [4.69, 9.17) is 4.74 Å². The van der Waals surface area contributed by atoms with Crippen LogP contribution in [0.25, 0.3) is 5.78 Å². The van der Waals surface area contributed by atoms with Gasteiger partial charge in [0.05, 0.1) is 12.8 Å². The number of carbonyl (C=O) groups excluding carboxylic acids is 1. The van der Waals surface area contributed by atoms with Crippen molar-refractivity contribution in [2.24, 2.45) is 7.05 Å². The van der Waals surface area contributed by atoms with Crippen molar-refractivity contribution in [3.63, 3.8) is 0 Å². The Morgan fingerprint density at radius 2 is 2.25 bits per heavy atom. The summed E-state index contributed by atoms with van der Waals surface area (Å²) in [6.45, 7) is 1.92. The van der Waals surface area contributed by atoms with Gasteiger partial charge in [-0.3, -0.25) is 9.20 Å². The Morgan fingerprint density at radius 1 is 1.50 bits per heavy atom. The number of esters is 1. The second-order valence-corrected chi connectivity index (χ2v) is 3.28. The lowest BCUT2D eigenvalue weighted by Gasteiger charge is -2.01. The molecular formula is C10H11N3O3. The molecule has 0 N–H and O–H groups in total. The maximum absolute atomic E-state index is 11.9. The topological polar surface area (TPSA) is 65.6 Å². The van der Waals surface area contributed by atoms with Crippen LogP contribution in [0.3, 0.4) is 0 Å². The average molecular weight is 221 g/mol. The molecule has 0 saturated carbocycles. The second kappa shape index (κ2) is 3.80. The van der Waals surface area contributed by atoms with Gasteiger partial charge in [-0.25, -0.2) is 9.78 Å². The molecule has 0 fully saturated rings. The molecule has 6 nitrogen and oxygen atoms in total. The number of aromatic nitrogens is 3. The Labute approximate surface area is 91.1 Å². The Kier molecular flexibility index (Phi) is 2.47. The Hall–Kier alpha value is -2.11. The molecule has 2 aromatic rings. The number of nitrogens with zero attached hydrogens (tertiary/aromatic N) is 3. The minimum absolute atomic E-state index is 0.0504. The zero-order valence-corrected chi connectivity index (χ0v) is 9.01. The highest BCUT2D eigenvalue weighted by atomic mass is 16.5. The molecule has 0 aromatic carbocycles. The minimum atomic E-state index is -0.641. The maximum Gasteiger partial charge on any atom is 0.345 e. The molecule has 2 rings (SSSR count). The third-order valence-corrected chi connectivity index (χ3v) is 2.22. The summed E-state index contributed by atoms with van der Waals surface area (Å²) in [7, 11) is 1.77. The van der Waals surface area contributed by atoms with Crippen LogP contribution in [0, 0.1) is 0 Å². The number of rotatable bonds is 2. The highest BCUT2D eigenvalue weighted by molar-refractivity contribution is 5.88. The van der Waals surface area contributed by atoms with Gasteiger partial charge in [0.25, 0.3) is 5.56 Å². The van der Waals surface area contributed by atoms with Gasteiger partial charge < -0.3 is 9.30 Å². The van der Waals surface area contributed by atoms with Gasteiger partial charge in [0.1, 0.15) is 5.56 Å². The van der Waals surface area contributed by atoms with E-state index in [9.17, 15) is 9.59 Å². The van der Waals surface area contributed by atoms with Crippen molar-refractivity contribution in [3.05, 3.63) is 34.5 Å². The smallest absolute Gasteiger partial charge is 0.345 e. The molecule has 16 heavy (non-hydrogen) atoms. The first kappa shape index (κ1) is 10.4. The number of hydrogen-bond acceptors (Lipinski definition) is 4. The van der Waals surface area contributed by atoms with Gasteiger partial charge in [0, 0.05) is 19.4 Å². The summed E-state index contributed by atoms with van der Waals surface area (Å²) < 4.78 is 7.77. The fourth-order valence-corrected chi connectivity index (χ4v) is 1.44. The lowest BCUT2D eigenvalue weighted by Crippen LogP contribution is -2.23. The molecule has 2 aromatic heterocycles. The van der Waals surface area contributed by atoms with Crippen LogP contribution >= 0.6 is 0 Å². The number of ether oxygens (including phenoxy) is 1. The normalized spacial score (nSPS) is 10.6. The molecular weight excluding hydrogens is 210 g/mol. The summed E-state index contributed by atoms with van der Waals surface area (Å²) in [6.07, 6.45) is 4.50. The fraction of sp³-hybridized carbons (Fsp3) is 0.300. The zero-order chi connectivity index (χ0) is 11.7. The molecule has 0 atom stereocenters. The number of imidazole rings is 1. The molecule has 6 heteroatoms. The predicted octanol–water partition coefficient (Wildman–Crippen LogP) is 0.210. The molecule has 2 heterocycles. The van der Waals surface area contributed by atoms with E-state index in [1.54, 1.807) is 30.9 Å². The molecule has 0 spiro atoms. The molecule has 0 saturated heterocycles. The van der Waals surface area contributed by atoms with Crippen LogP contribution in [0.2, 0.25) is 0 Å². The van der Waals surface area contributed by atoms with Crippen LogP contribution in [0.1, 0.15) is 17.3 Å². The van der Waals surface area contributed by atoms with Gasteiger partial charge in [-0.2, -0.15) is 0 Å². The SMILES string of the molecule is CCOC(=O)c1cnc2n(C)ccn2c1=O. The molecule has 0 aliphatic heterocycles. The highest BCUT2D eigenvalue weighted by Crippen LogP contribution is 1.99. The van der Waals surface area contributed by atoms with E-state index in [2.05, 4.69) is 4.98 Å². The highest BCUT2D eigenvalue weighted by Gasteiger charge is 2.14. The van der Waals surface area contributed by atoms with E-state index in [1.807, 2.05) is 0 Å². The van der Waals surface area contributed by atoms with E-state index in [0.717, 1.165) is 0 Å². The number of hydrogen-bond donors (Lipinski definition) is 0. The predicted molar refractivity (Wildman–Crippen MR) is 56.4 cm³/mol. The van der Waals surface area contributed by atoms with Crippen molar-refractivity contribution < 1.29 is 9.53 Å². The summed E-state index contributed by atoms with van der Waals surface area (Å²) in [5.41, 5.74) is -0.463. The van der Waals surface area contributed by atoms with E-state index in [1.165, 1.54) is 10.6 Å². The summed E-state index contributed by atoms with van der Waals surface area (Å²) in [6, 6.07) is 0. The van der Waals surface area contributed by atoms with E-state index in [-0.39, 0.29) is 12.2 Å². The van der Waals surface area contributed by atoms with Gasteiger partial charge >= 0.3 is 5.97 Å². The molecule has 0 bridgehead atoms. The fourth-order valence-electron chi connectivity index (χ4n) is 1.44. The lowest BCUT2D eigenvalue weighted by molar-refractivity contribution is 0.0523. The maximum atomic E-state index is 11.9. The van der Waals surface area contributed by atoms with Crippen molar-refractivity contribution in [1.82, 2.24) is 14.0 Å². The van der Waals surface area contributed by atoms with E-state index in [0.29, 0.717) is 5.78 Å². The molecule has 0 aliphatic carbocycles. The zero-order valence-electron chi connectivity index (χ0n) is 9.01. The molecule has 0 aliphatic rings. The quantitative estimate of drug-likeness (QED) is 0.680. The van der Waals surface area contributed by atoms with Gasteiger partial charge in [-0.15, -0.1) is 0 Å². The second-order valence-electron chi connectivity index (χ2n) is 3.28. The Balaban J connectivity index is 2.61. The van der Waals surface area contributed by atoms with Crippen LogP contribution in [0.4, 0.5) is 0 Å². The molecule has 0 unspecified atom stereocenters. The summed E-state index contributed by atoms with van der Waals surface area (Å²) >= 11 is 0. The van der Waals surface area contributed by atoms with Crippen LogP contribution in [-0.4, -0.2) is 26.5 Å². The van der Waals surface area contributed by atoms with E-state index < -0.39 is 11.5 Å². The average Bonchev–Trinajstić information content (AvgIpc) is 2.62. The minimum Gasteiger partial charge on any atom is -0.462 e. The first-order valence-electron chi connectivity index (χ1n) is 4.85. The van der Waals surface area contributed by atoms with Gasteiger partial charge in [0.15, 0.2) is 0 Å². The molecule has 0 radical (unpaired) electrons. The number of aryl methyl sites for hydroxylation is 1. The largest absolute Gasteiger partial charge is 0.462 e. The summed E-state index contributed by atoms with van der Waals surface area (Å²) in [4.78, 5) is 27.3. The monoisotopic (exact) mass is 221 g/mol. The van der Waals surface area contributed by atoms with Crippen molar-refractivity contribution >= 4 is 11.7 Å². The van der Waals surface area contributed by atoms with Gasteiger partial charge in [-0.05, 0) is 6.92 Å². The van der Waals surface area contributed by atoms with Crippen LogP contribution in [0.15, 0.2) is 23.4 Å². The number of fused-ring (bicyclic) bond motifs is 1. The van der Waals surface area contributed by atoms with Crippen LogP contribution in [0.5, 0.6) is 0 Å². The van der Waals surface area contributed by atoms with Gasteiger partial charge in [0.2, 0.25) is 5.78 Å².